The Labute approximate surface area is 118 Å². The first-order valence-electron chi connectivity index (χ1n) is 7.11. The number of benzene rings is 1. The smallest absolute Gasteiger partial charge is 0.227 e. The predicted octanol–water partition coefficient (Wildman–Crippen LogP) is 1.22. The van der Waals surface area contributed by atoms with Crippen molar-refractivity contribution in [2.24, 2.45) is 0 Å². The number of rotatable bonds is 4. The Hall–Kier alpha value is -2.04. The minimum absolute atomic E-state index is 0.0304. The van der Waals surface area contributed by atoms with Crippen molar-refractivity contribution < 1.29 is 9.59 Å². The van der Waals surface area contributed by atoms with Gasteiger partial charge in [0.2, 0.25) is 11.8 Å². The van der Waals surface area contributed by atoms with E-state index in [4.69, 9.17) is 5.73 Å². The summed E-state index contributed by atoms with van der Waals surface area (Å²) in [5.41, 5.74) is 8.48. The number of nitrogens with zero attached hydrogens (tertiary/aromatic N) is 1. The van der Waals surface area contributed by atoms with Crippen molar-refractivity contribution in [3.8, 4) is 0 Å². The molecule has 5 heteroatoms. The van der Waals surface area contributed by atoms with E-state index in [0.29, 0.717) is 31.1 Å². The third-order valence-corrected chi connectivity index (χ3v) is 3.81. The number of carbonyl (C=O) groups excluding carboxylic acids is 2. The summed E-state index contributed by atoms with van der Waals surface area (Å²) < 4.78 is 0. The molecule has 2 amide bonds. The fourth-order valence-electron chi connectivity index (χ4n) is 2.57. The van der Waals surface area contributed by atoms with Gasteiger partial charge in [0.25, 0.3) is 0 Å². The van der Waals surface area contributed by atoms with Crippen LogP contribution in [0.4, 0.5) is 11.4 Å². The maximum atomic E-state index is 12.1. The molecule has 3 rings (SSSR count). The monoisotopic (exact) mass is 273 g/mol. The molecule has 1 aliphatic carbocycles. The summed E-state index contributed by atoms with van der Waals surface area (Å²) in [4.78, 5) is 25.5. The van der Waals surface area contributed by atoms with Crippen molar-refractivity contribution in [1.82, 2.24) is 5.32 Å². The normalized spacial score (nSPS) is 17.8. The van der Waals surface area contributed by atoms with Crippen molar-refractivity contribution >= 4 is 23.2 Å². The van der Waals surface area contributed by atoms with Crippen molar-refractivity contribution in [3.63, 3.8) is 0 Å². The maximum absolute atomic E-state index is 12.1. The predicted molar refractivity (Wildman–Crippen MR) is 77.3 cm³/mol. The van der Waals surface area contributed by atoms with Crippen LogP contribution in [-0.2, 0) is 16.0 Å². The molecular formula is C15H19N3O2. The Bertz CT molecular complexity index is 552. The quantitative estimate of drug-likeness (QED) is 0.810. The largest absolute Gasteiger partial charge is 0.399 e. The summed E-state index contributed by atoms with van der Waals surface area (Å²) in [6.07, 6.45) is 3.73. The van der Waals surface area contributed by atoms with Gasteiger partial charge in [0, 0.05) is 36.8 Å². The highest BCUT2D eigenvalue weighted by atomic mass is 16.2. The molecule has 0 atom stereocenters. The van der Waals surface area contributed by atoms with Crippen LogP contribution in [0.5, 0.6) is 0 Å². The Morgan fingerprint density at radius 3 is 2.90 bits per heavy atom. The fourth-order valence-corrected chi connectivity index (χ4v) is 2.57. The molecule has 1 heterocycles. The van der Waals surface area contributed by atoms with E-state index in [0.717, 1.165) is 30.5 Å². The molecule has 0 unspecified atom stereocenters. The van der Waals surface area contributed by atoms with Crippen molar-refractivity contribution in [2.75, 3.05) is 17.2 Å². The number of carbonyl (C=O) groups is 2. The first kappa shape index (κ1) is 13.0. The van der Waals surface area contributed by atoms with E-state index in [1.54, 1.807) is 11.0 Å². The lowest BCUT2D eigenvalue weighted by atomic mass is 10.0. The number of amides is 2. The van der Waals surface area contributed by atoms with Gasteiger partial charge in [-0.3, -0.25) is 9.59 Å². The molecule has 1 fully saturated rings. The number of nitrogens with two attached hydrogens (primary N) is 1. The summed E-state index contributed by atoms with van der Waals surface area (Å²) in [6, 6.07) is 5.96. The van der Waals surface area contributed by atoms with Gasteiger partial charge in [-0.15, -0.1) is 0 Å². The first-order valence-corrected chi connectivity index (χ1v) is 7.11. The van der Waals surface area contributed by atoms with E-state index in [1.165, 1.54) is 0 Å². The number of nitrogen functional groups attached to an aromatic ring is 1. The molecule has 3 N–H and O–H groups in total. The van der Waals surface area contributed by atoms with Gasteiger partial charge in [-0.1, -0.05) is 0 Å². The van der Waals surface area contributed by atoms with Gasteiger partial charge in [-0.25, -0.2) is 0 Å². The van der Waals surface area contributed by atoms with Crippen LogP contribution < -0.4 is 16.0 Å². The van der Waals surface area contributed by atoms with Gasteiger partial charge in [0.15, 0.2) is 0 Å². The molecule has 0 spiro atoms. The van der Waals surface area contributed by atoms with Gasteiger partial charge < -0.3 is 16.0 Å². The highest BCUT2D eigenvalue weighted by molar-refractivity contribution is 5.97. The molecular weight excluding hydrogens is 254 g/mol. The number of hydrogen-bond donors (Lipinski definition) is 2. The summed E-state index contributed by atoms with van der Waals surface area (Å²) in [6.45, 7) is 0.439. The van der Waals surface area contributed by atoms with E-state index in [2.05, 4.69) is 5.32 Å². The summed E-state index contributed by atoms with van der Waals surface area (Å²) in [5, 5.41) is 2.94. The number of hydrogen-bond acceptors (Lipinski definition) is 3. The van der Waals surface area contributed by atoms with Crippen LogP contribution in [0.25, 0.3) is 0 Å². The first-order chi connectivity index (χ1) is 9.63. The molecule has 0 aromatic heterocycles. The third kappa shape index (κ3) is 2.76. The summed E-state index contributed by atoms with van der Waals surface area (Å²) in [5.74, 6) is 0.115. The average Bonchev–Trinajstić information content (AvgIpc) is 3.21. The topological polar surface area (TPSA) is 75.4 Å². The molecule has 20 heavy (non-hydrogen) atoms. The molecule has 0 radical (unpaired) electrons. The zero-order valence-electron chi connectivity index (χ0n) is 11.4. The number of aryl methyl sites for hydroxylation is 1. The minimum atomic E-state index is 0.0304. The Morgan fingerprint density at radius 2 is 2.15 bits per heavy atom. The van der Waals surface area contributed by atoms with Gasteiger partial charge in [-0.2, -0.15) is 0 Å². The van der Waals surface area contributed by atoms with Crippen LogP contribution in [-0.4, -0.2) is 24.4 Å². The van der Waals surface area contributed by atoms with Crippen LogP contribution in [0.3, 0.4) is 0 Å². The molecule has 2 aliphatic rings. The van der Waals surface area contributed by atoms with Crippen LogP contribution >= 0.6 is 0 Å². The molecule has 106 valence electrons. The van der Waals surface area contributed by atoms with Gasteiger partial charge in [0.1, 0.15) is 0 Å². The Kier molecular flexibility index (Phi) is 3.34. The molecule has 5 nitrogen and oxygen atoms in total. The molecule has 1 aromatic rings. The highest BCUT2D eigenvalue weighted by Gasteiger charge is 2.26. The standard InChI is InChI=1S/C15H19N3O2/c16-11-2-5-13-10(9-11)1-6-15(20)18(13)8-7-14(19)17-12-3-4-12/h2,5,9,12H,1,3-4,6-8,16H2,(H,17,19). The second kappa shape index (κ2) is 5.15. The SMILES string of the molecule is Nc1ccc2c(c1)CCC(=O)N2CCC(=O)NC1CC1. The van der Waals surface area contributed by atoms with Crippen molar-refractivity contribution in [2.45, 2.75) is 38.1 Å². The maximum Gasteiger partial charge on any atom is 0.227 e. The molecule has 0 bridgehead atoms. The highest BCUT2D eigenvalue weighted by Crippen LogP contribution is 2.29. The zero-order chi connectivity index (χ0) is 14.1. The van der Waals surface area contributed by atoms with Gasteiger partial charge in [0.05, 0.1) is 0 Å². The van der Waals surface area contributed by atoms with Crippen LogP contribution in [0, 0.1) is 0 Å². The van der Waals surface area contributed by atoms with E-state index in [9.17, 15) is 9.59 Å². The lowest BCUT2D eigenvalue weighted by Gasteiger charge is -2.29. The second-order valence-corrected chi connectivity index (χ2v) is 5.53. The van der Waals surface area contributed by atoms with Crippen LogP contribution in [0.15, 0.2) is 18.2 Å². The molecule has 0 saturated heterocycles. The zero-order valence-corrected chi connectivity index (χ0v) is 11.4. The van der Waals surface area contributed by atoms with E-state index in [-0.39, 0.29) is 11.8 Å². The molecule has 1 aliphatic heterocycles. The van der Waals surface area contributed by atoms with Gasteiger partial charge in [-0.05, 0) is 43.0 Å². The number of fused-ring (bicyclic) bond motifs is 1. The Morgan fingerprint density at radius 1 is 1.35 bits per heavy atom. The van der Waals surface area contributed by atoms with Crippen molar-refractivity contribution in [1.29, 1.82) is 0 Å². The van der Waals surface area contributed by atoms with Crippen LogP contribution in [0.1, 0.15) is 31.2 Å². The number of nitrogens with one attached hydrogen (secondary N) is 1. The van der Waals surface area contributed by atoms with Gasteiger partial charge >= 0.3 is 0 Å². The summed E-state index contributed by atoms with van der Waals surface area (Å²) in [7, 11) is 0. The van der Waals surface area contributed by atoms with E-state index in [1.807, 2.05) is 12.1 Å². The third-order valence-electron chi connectivity index (χ3n) is 3.81. The van der Waals surface area contributed by atoms with E-state index < -0.39 is 0 Å². The number of anilines is 2. The lowest BCUT2D eigenvalue weighted by molar-refractivity contribution is -0.121. The van der Waals surface area contributed by atoms with E-state index >= 15 is 0 Å². The van der Waals surface area contributed by atoms with Crippen molar-refractivity contribution in [3.05, 3.63) is 23.8 Å². The molecule has 1 aromatic carbocycles. The Balaban J connectivity index is 1.68. The minimum Gasteiger partial charge on any atom is -0.399 e. The molecule has 1 saturated carbocycles. The fraction of sp³-hybridized carbons (Fsp3) is 0.467. The lowest BCUT2D eigenvalue weighted by Crippen LogP contribution is -2.38. The average molecular weight is 273 g/mol. The summed E-state index contributed by atoms with van der Waals surface area (Å²) >= 11 is 0. The van der Waals surface area contributed by atoms with Crippen LogP contribution in [0.2, 0.25) is 0 Å². The second-order valence-electron chi connectivity index (χ2n) is 5.53.